The van der Waals surface area contributed by atoms with Gasteiger partial charge >= 0.3 is 0 Å². The van der Waals surface area contributed by atoms with Crippen LogP contribution >= 0.6 is 11.6 Å². The highest BCUT2D eigenvalue weighted by molar-refractivity contribution is 6.25. The van der Waals surface area contributed by atoms with Crippen molar-refractivity contribution in [1.29, 1.82) is 0 Å². The molecule has 0 saturated heterocycles. The maximum absolute atomic E-state index is 5.36. The number of nitrogens with zero attached hydrogens (tertiary/aromatic N) is 1. The molecule has 1 aromatic carbocycles. The predicted octanol–water partition coefficient (Wildman–Crippen LogP) is 3.74. The molecule has 1 rings (SSSR count). The van der Waals surface area contributed by atoms with Gasteiger partial charge in [0.1, 0.15) is 6.61 Å². The first kappa shape index (κ1) is 12.8. The molecule has 0 bridgehead atoms. The normalized spacial score (nSPS) is 12.1. The van der Waals surface area contributed by atoms with E-state index >= 15 is 0 Å². The molecule has 0 unspecified atom stereocenters. The molecule has 0 amide bonds. The number of rotatable bonds is 5. The van der Waals surface area contributed by atoms with Crippen LogP contribution in [0, 0.1) is 0 Å². The lowest BCUT2D eigenvalue weighted by Gasteiger charge is -2.03. The fourth-order valence-electron chi connectivity index (χ4n) is 1.28. The molecule has 0 N–H and O–H groups in total. The second kappa shape index (κ2) is 7.07. The number of benzene rings is 1. The molecule has 86 valence electrons. The average molecular weight is 238 g/mol. The van der Waals surface area contributed by atoms with Gasteiger partial charge in [-0.3, -0.25) is 0 Å². The maximum Gasteiger partial charge on any atom is 0.136 e. The molecular weight excluding hydrogens is 222 g/mol. The highest BCUT2D eigenvalue weighted by Crippen LogP contribution is 2.07. The zero-order valence-corrected chi connectivity index (χ0v) is 10.4. The lowest BCUT2D eigenvalue weighted by Crippen LogP contribution is -1.97. The van der Waals surface area contributed by atoms with Gasteiger partial charge in [0, 0.05) is 5.54 Å². The quantitative estimate of drug-likeness (QED) is 0.434. The van der Waals surface area contributed by atoms with Crippen molar-refractivity contribution in [3.8, 4) is 0 Å². The standard InChI is InChI=1S/C13H16ClNO/c1-3-12-6-4-7-13(10-12)11(2)15-16-9-5-8-14/h4-8,10H,3,9H2,1-2H3/b8-5?,15-11+. The van der Waals surface area contributed by atoms with Crippen LogP contribution in [0.1, 0.15) is 25.0 Å². The zero-order chi connectivity index (χ0) is 11.8. The second-order valence-corrected chi connectivity index (χ2v) is 3.64. The Kier molecular flexibility index (Phi) is 5.65. The summed E-state index contributed by atoms with van der Waals surface area (Å²) in [6, 6.07) is 8.29. The molecule has 2 nitrogen and oxygen atoms in total. The minimum absolute atomic E-state index is 0.397. The van der Waals surface area contributed by atoms with Gasteiger partial charge in [-0.1, -0.05) is 41.9 Å². The topological polar surface area (TPSA) is 21.6 Å². The van der Waals surface area contributed by atoms with Crippen molar-refractivity contribution >= 4 is 17.3 Å². The lowest BCUT2D eigenvalue weighted by atomic mass is 10.1. The first-order valence-electron chi connectivity index (χ1n) is 5.29. The smallest absolute Gasteiger partial charge is 0.136 e. The van der Waals surface area contributed by atoms with Crippen LogP contribution < -0.4 is 0 Å². The van der Waals surface area contributed by atoms with Gasteiger partial charge in [-0.25, -0.2) is 0 Å². The van der Waals surface area contributed by atoms with E-state index in [-0.39, 0.29) is 0 Å². The molecule has 0 heterocycles. The average Bonchev–Trinajstić information content (AvgIpc) is 2.34. The number of hydrogen-bond donors (Lipinski definition) is 0. The SMILES string of the molecule is CCc1cccc(/C(C)=N/OCC=CCl)c1. The Hall–Kier alpha value is -1.28. The van der Waals surface area contributed by atoms with E-state index in [4.69, 9.17) is 16.4 Å². The van der Waals surface area contributed by atoms with Crippen molar-refractivity contribution in [3.05, 3.63) is 47.0 Å². The second-order valence-electron chi connectivity index (χ2n) is 3.39. The first-order valence-corrected chi connectivity index (χ1v) is 5.72. The molecule has 3 heteroatoms. The van der Waals surface area contributed by atoms with E-state index in [1.165, 1.54) is 11.1 Å². The lowest BCUT2D eigenvalue weighted by molar-refractivity contribution is 0.175. The van der Waals surface area contributed by atoms with Gasteiger partial charge in [0.05, 0.1) is 5.71 Å². The summed E-state index contributed by atoms with van der Waals surface area (Å²) < 4.78 is 0. The number of halogens is 1. The van der Waals surface area contributed by atoms with Crippen molar-refractivity contribution in [2.24, 2.45) is 5.16 Å². The van der Waals surface area contributed by atoms with Crippen LogP contribution in [0.25, 0.3) is 0 Å². The minimum Gasteiger partial charge on any atom is -0.391 e. The highest BCUT2D eigenvalue weighted by atomic mass is 35.5. The van der Waals surface area contributed by atoms with E-state index in [0.29, 0.717) is 6.61 Å². The van der Waals surface area contributed by atoms with Gasteiger partial charge in [0.15, 0.2) is 0 Å². The molecule has 16 heavy (non-hydrogen) atoms. The van der Waals surface area contributed by atoms with Gasteiger partial charge in [0.25, 0.3) is 0 Å². The van der Waals surface area contributed by atoms with Gasteiger partial charge in [-0.15, -0.1) is 0 Å². The van der Waals surface area contributed by atoms with E-state index in [1.807, 2.05) is 19.1 Å². The third-order valence-electron chi connectivity index (χ3n) is 2.21. The van der Waals surface area contributed by atoms with E-state index in [1.54, 1.807) is 6.08 Å². The summed E-state index contributed by atoms with van der Waals surface area (Å²) in [6.45, 7) is 4.46. The third-order valence-corrected chi connectivity index (χ3v) is 2.39. The fraction of sp³-hybridized carbons (Fsp3) is 0.308. The molecule has 0 aliphatic heterocycles. The van der Waals surface area contributed by atoms with Crippen LogP contribution in [0.2, 0.25) is 0 Å². The number of aryl methyl sites for hydroxylation is 1. The molecule has 0 saturated carbocycles. The Balaban J connectivity index is 2.67. The van der Waals surface area contributed by atoms with Crippen LogP contribution in [0.15, 0.2) is 41.0 Å². The van der Waals surface area contributed by atoms with Gasteiger partial charge in [-0.05, 0) is 36.6 Å². The summed E-state index contributed by atoms with van der Waals surface area (Å²) in [7, 11) is 0. The summed E-state index contributed by atoms with van der Waals surface area (Å²) in [5.74, 6) is 0. The van der Waals surface area contributed by atoms with E-state index in [9.17, 15) is 0 Å². The Morgan fingerprint density at radius 3 is 3.00 bits per heavy atom. The summed E-state index contributed by atoms with van der Waals surface area (Å²) in [5.41, 5.74) is 4.68. The molecular formula is C13H16ClNO. The van der Waals surface area contributed by atoms with Crippen molar-refractivity contribution < 1.29 is 4.84 Å². The Labute approximate surface area is 102 Å². The van der Waals surface area contributed by atoms with Gasteiger partial charge in [-0.2, -0.15) is 0 Å². The Morgan fingerprint density at radius 2 is 2.31 bits per heavy atom. The third kappa shape index (κ3) is 4.07. The van der Waals surface area contributed by atoms with Crippen LogP contribution in [0.4, 0.5) is 0 Å². The van der Waals surface area contributed by atoms with Crippen molar-refractivity contribution in [2.45, 2.75) is 20.3 Å². The van der Waals surface area contributed by atoms with E-state index in [2.05, 4.69) is 24.2 Å². The molecule has 0 aromatic heterocycles. The van der Waals surface area contributed by atoms with Gasteiger partial charge in [0.2, 0.25) is 0 Å². The van der Waals surface area contributed by atoms with E-state index in [0.717, 1.165) is 17.7 Å². The summed E-state index contributed by atoms with van der Waals surface area (Å²) >= 11 is 5.36. The Bertz CT molecular complexity index is 385. The van der Waals surface area contributed by atoms with Crippen LogP contribution in [0.3, 0.4) is 0 Å². The zero-order valence-electron chi connectivity index (χ0n) is 9.61. The minimum atomic E-state index is 0.397. The summed E-state index contributed by atoms with van der Waals surface area (Å²) in [6.07, 6.45) is 2.72. The first-order chi connectivity index (χ1) is 7.77. The van der Waals surface area contributed by atoms with Crippen molar-refractivity contribution in [1.82, 2.24) is 0 Å². The molecule has 0 aliphatic rings. The summed E-state index contributed by atoms with van der Waals surface area (Å²) in [5, 5.41) is 4.01. The largest absolute Gasteiger partial charge is 0.391 e. The molecule has 0 aliphatic carbocycles. The molecule has 0 spiro atoms. The highest BCUT2D eigenvalue weighted by Gasteiger charge is 1.98. The monoisotopic (exact) mass is 237 g/mol. The predicted molar refractivity (Wildman–Crippen MR) is 69.0 cm³/mol. The maximum atomic E-state index is 5.36. The van der Waals surface area contributed by atoms with Crippen LogP contribution in [-0.4, -0.2) is 12.3 Å². The summed E-state index contributed by atoms with van der Waals surface area (Å²) in [4.78, 5) is 5.08. The number of oxime groups is 1. The van der Waals surface area contributed by atoms with Gasteiger partial charge < -0.3 is 4.84 Å². The van der Waals surface area contributed by atoms with Crippen molar-refractivity contribution in [2.75, 3.05) is 6.61 Å². The van der Waals surface area contributed by atoms with Crippen LogP contribution in [0.5, 0.6) is 0 Å². The van der Waals surface area contributed by atoms with Crippen molar-refractivity contribution in [3.63, 3.8) is 0 Å². The fourth-order valence-corrected chi connectivity index (χ4v) is 1.36. The molecule has 0 radical (unpaired) electrons. The number of hydrogen-bond acceptors (Lipinski definition) is 2. The van der Waals surface area contributed by atoms with Crippen LogP contribution in [-0.2, 0) is 11.3 Å². The molecule has 1 aromatic rings. The molecule has 0 fully saturated rings. The molecule has 0 atom stereocenters. The Morgan fingerprint density at radius 1 is 1.50 bits per heavy atom. The van der Waals surface area contributed by atoms with E-state index < -0.39 is 0 Å².